The summed E-state index contributed by atoms with van der Waals surface area (Å²) in [6.07, 6.45) is -1.32. The molecule has 86 valence electrons. The van der Waals surface area contributed by atoms with Gasteiger partial charge in [-0.25, -0.2) is 0 Å². The summed E-state index contributed by atoms with van der Waals surface area (Å²) >= 11 is 0. The van der Waals surface area contributed by atoms with Gasteiger partial charge in [0.15, 0.2) is 0 Å². The minimum Gasteiger partial charge on any atom is -0.292 e. The lowest BCUT2D eigenvalue weighted by atomic mass is 10.1. The van der Waals surface area contributed by atoms with Gasteiger partial charge in [-0.05, 0) is 20.1 Å². The summed E-state index contributed by atoms with van der Waals surface area (Å²) in [5, 5.41) is 2.87. The van der Waals surface area contributed by atoms with Crippen LogP contribution < -0.4 is 5.32 Å². The van der Waals surface area contributed by atoms with E-state index in [2.05, 4.69) is 23.6 Å². The van der Waals surface area contributed by atoms with E-state index in [0.717, 1.165) is 13.0 Å². The number of allylic oxidation sites excluding steroid dienone is 1. The van der Waals surface area contributed by atoms with Gasteiger partial charge in [0.25, 0.3) is 0 Å². The number of nitrogens with zero attached hydrogens (tertiary/aromatic N) is 1. The van der Waals surface area contributed by atoms with E-state index in [9.17, 15) is 13.2 Å². The second-order valence-corrected chi connectivity index (χ2v) is 3.05. The Balaban J connectivity index is 4.20. The fraction of sp³-hybridized carbons (Fsp3) is 0.500. The summed E-state index contributed by atoms with van der Waals surface area (Å²) in [5.74, 6) is 0. The van der Waals surface area contributed by atoms with Crippen LogP contribution in [0.3, 0.4) is 0 Å². The second kappa shape index (κ2) is 6.40. The highest BCUT2D eigenvalue weighted by molar-refractivity contribution is 5.23. The van der Waals surface area contributed by atoms with E-state index in [1.807, 2.05) is 0 Å². The van der Waals surface area contributed by atoms with Crippen LogP contribution in [-0.4, -0.2) is 25.6 Å². The average molecular weight is 220 g/mol. The van der Waals surface area contributed by atoms with Crippen molar-refractivity contribution < 1.29 is 13.2 Å². The standard InChI is InChI=1S/C10H15F3N2/c1-4-9(15-7-14-3)6-5-8(2)10(11,12)13/h4-5,9,15H,1,3,6-7H2,2H3/b8-5+. The number of rotatable bonds is 6. The van der Waals surface area contributed by atoms with Crippen LogP contribution >= 0.6 is 0 Å². The van der Waals surface area contributed by atoms with E-state index in [-0.39, 0.29) is 12.5 Å². The Bertz CT molecular complexity index is 244. The topological polar surface area (TPSA) is 24.4 Å². The molecule has 0 saturated heterocycles. The Hall–Kier alpha value is -1.10. The molecule has 5 heteroatoms. The molecule has 0 aromatic carbocycles. The molecular weight excluding hydrogens is 205 g/mol. The van der Waals surface area contributed by atoms with E-state index >= 15 is 0 Å². The molecule has 1 N–H and O–H groups in total. The van der Waals surface area contributed by atoms with Gasteiger partial charge in [0.1, 0.15) is 0 Å². The molecule has 0 radical (unpaired) electrons. The van der Waals surface area contributed by atoms with Crippen LogP contribution in [0.1, 0.15) is 13.3 Å². The summed E-state index contributed by atoms with van der Waals surface area (Å²) in [5.41, 5.74) is -0.595. The quantitative estimate of drug-likeness (QED) is 0.540. The van der Waals surface area contributed by atoms with Gasteiger partial charge in [0.05, 0.1) is 6.67 Å². The maximum atomic E-state index is 12.1. The lowest BCUT2D eigenvalue weighted by Gasteiger charge is -2.12. The average Bonchev–Trinajstić information content (AvgIpc) is 2.16. The third-order valence-electron chi connectivity index (χ3n) is 1.87. The number of nitrogens with one attached hydrogen (secondary N) is 1. The van der Waals surface area contributed by atoms with Gasteiger partial charge >= 0.3 is 6.18 Å². The van der Waals surface area contributed by atoms with Gasteiger partial charge in [-0.15, -0.1) is 6.58 Å². The number of aliphatic imine (C=N–C) groups is 1. The molecule has 0 amide bonds. The van der Waals surface area contributed by atoms with E-state index in [4.69, 9.17) is 0 Å². The van der Waals surface area contributed by atoms with Crippen LogP contribution in [0.25, 0.3) is 0 Å². The van der Waals surface area contributed by atoms with Gasteiger partial charge in [-0.3, -0.25) is 10.3 Å². The van der Waals surface area contributed by atoms with Crippen LogP contribution in [0.2, 0.25) is 0 Å². The van der Waals surface area contributed by atoms with Crippen LogP contribution in [0, 0.1) is 0 Å². The minimum absolute atomic E-state index is 0.215. The largest absolute Gasteiger partial charge is 0.412 e. The molecule has 0 spiro atoms. The van der Waals surface area contributed by atoms with E-state index in [1.165, 1.54) is 0 Å². The molecule has 0 bridgehead atoms. The first kappa shape index (κ1) is 13.9. The van der Waals surface area contributed by atoms with Gasteiger partial charge < -0.3 is 0 Å². The second-order valence-electron chi connectivity index (χ2n) is 3.05. The fourth-order valence-corrected chi connectivity index (χ4v) is 0.864. The molecule has 1 atom stereocenters. The van der Waals surface area contributed by atoms with Crippen molar-refractivity contribution in [2.24, 2.45) is 4.99 Å². The SMILES string of the molecule is C=CC(C/C=C(\C)C(F)(F)F)NCN=C. The number of hydrogen-bond acceptors (Lipinski definition) is 2. The lowest BCUT2D eigenvalue weighted by Crippen LogP contribution is -2.26. The summed E-state index contributed by atoms with van der Waals surface area (Å²) in [6, 6.07) is -0.215. The van der Waals surface area contributed by atoms with Crippen molar-refractivity contribution in [3.8, 4) is 0 Å². The van der Waals surface area contributed by atoms with E-state index in [1.54, 1.807) is 6.08 Å². The molecule has 0 heterocycles. The summed E-state index contributed by atoms with van der Waals surface area (Å²) in [6.45, 7) is 8.13. The lowest BCUT2D eigenvalue weighted by molar-refractivity contribution is -0.0915. The zero-order valence-corrected chi connectivity index (χ0v) is 8.64. The smallest absolute Gasteiger partial charge is 0.292 e. The highest BCUT2D eigenvalue weighted by Gasteiger charge is 2.29. The van der Waals surface area contributed by atoms with Gasteiger partial charge in [-0.2, -0.15) is 13.2 Å². The first-order valence-electron chi connectivity index (χ1n) is 4.44. The Kier molecular flexibility index (Phi) is 5.93. The van der Waals surface area contributed by atoms with Crippen molar-refractivity contribution in [3.63, 3.8) is 0 Å². The van der Waals surface area contributed by atoms with Gasteiger partial charge in [-0.1, -0.05) is 12.2 Å². The molecule has 0 aliphatic carbocycles. The Morgan fingerprint density at radius 3 is 2.53 bits per heavy atom. The molecule has 0 rings (SSSR count). The van der Waals surface area contributed by atoms with Crippen molar-refractivity contribution in [2.75, 3.05) is 6.67 Å². The Labute approximate surface area is 87.6 Å². The predicted octanol–water partition coefficient (Wildman–Crippen LogP) is 2.69. The molecule has 0 aromatic rings. The van der Waals surface area contributed by atoms with E-state index < -0.39 is 11.7 Å². The third-order valence-corrected chi connectivity index (χ3v) is 1.87. The molecule has 15 heavy (non-hydrogen) atoms. The first-order valence-corrected chi connectivity index (χ1v) is 4.44. The number of halogens is 3. The van der Waals surface area contributed by atoms with Crippen molar-refractivity contribution in [1.29, 1.82) is 0 Å². The molecule has 0 saturated carbocycles. The van der Waals surface area contributed by atoms with Gasteiger partial charge in [0, 0.05) is 11.6 Å². The monoisotopic (exact) mass is 220 g/mol. The van der Waals surface area contributed by atoms with E-state index in [0.29, 0.717) is 6.67 Å². The summed E-state index contributed by atoms with van der Waals surface area (Å²) in [4.78, 5) is 3.55. The van der Waals surface area contributed by atoms with Crippen molar-refractivity contribution >= 4 is 6.72 Å². The zero-order valence-electron chi connectivity index (χ0n) is 8.64. The van der Waals surface area contributed by atoms with Crippen molar-refractivity contribution in [1.82, 2.24) is 5.32 Å². The van der Waals surface area contributed by atoms with Crippen LogP contribution in [0.4, 0.5) is 13.2 Å². The molecule has 0 aliphatic rings. The maximum Gasteiger partial charge on any atom is 0.412 e. The normalized spacial score (nSPS) is 14.8. The van der Waals surface area contributed by atoms with Gasteiger partial charge in [0.2, 0.25) is 0 Å². The number of alkyl halides is 3. The predicted molar refractivity (Wildman–Crippen MR) is 56.0 cm³/mol. The van der Waals surface area contributed by atoms with Crippen molar-refractivity contribution in [2.45, 2.75) is 25.6 Å². The summed E-state index contributed by atoms with van der Waals surface area (Å²) in [7, 11) is 0. The van der Waals surface area contributed by atoms with Crippen molar-refractivity contribution in [3.05, 3.63) is 24.3 Å². The highest BCUT2D eigenvalue weighted by Crippen LogP contribution is 2.25. The first-order chi connectivity index (χ1) is 6.91. The molecule has 0 fully saturated rings. The molecule has 2 nitrogen and oxygen atoms in total. The highest BCUT2D eigenvalue weighted by atomic mass is 19.4. The van der Waals surface area contributed by atoms with Crippen LogP contribution in [-0.2, 0) is 0 Å². The molecule has 0 aromatic heterocycles. The zero-order chi connectivity index (χ0) is 11.9. The molecule has 1 unspecified atom stereocenters. The fourth-order valence-electron chi connectivity index (χ4n) is 0.864. The molecule has 0 aliphatic heterocycles. The minimum atomic E-state index is -4.25. The summed E-state index contributed by atoms with van der Waals surface area (Å²) < 4.78 is 36.3. The molecular formula is C10H15F3N2. The Morgan fingerprint density at radius 2 is 2.13 bits per heavy atom. The third kappa shape index (κ3) is 6.06. The van der Waals surface area contributed by atoms with Crippen LogP contribution in [0.5, 0.6) is 0 Å². The number of hydrogen-bond donors (Lipinski definition) is 1. The van der Waals surface area contributed by atoms with Crippen LogP contribution in [0.15, 0.2) is 29.3 Å². The Morgan fingerprint density at radius 1 is 1.53 bits per heavy atom. The maximum absolute atomic E-state index is 12.1.